The van der Waals surface area contributed by atoms with Crippen molar-refractivity contribution in [1.82, 2.24) is 15.3 Å². The van der Waals surface area contributed by atoms with Crippen molar-refractivity contribution in [3.05, 3.63) is 90.1 Å². The number of rotatable bonds is 6. The van der Waals surface area contributed by atoms with Crippen LogP contribution in [0.5, 0.6) is 0 Å². The second-order valence-electron chi connectivity index (χ2n) is 6.43. The summed E-state index contributed by atoms with van der Waals surface area (Å²) in [6.07, 6.45) is 4.26. The third-order valence-electron chi connectivity index (χ3n) is 4.46. The minimum atomic E-state index is -0.316. The third kappa shape index (κ3) is 4.01. The van der Waals surface area contributed by atoms with E-state index < -0.39 is 0 Å². The van der Waals surface area contributed by atoms with E-state index in [1.807, 2.05) is 24.4 Å². The van der Waals surface area contributed by atoms with Gasteiger partial charge in [-0.2, -0.15) is 0 Å². The number of amides is 1. The summed E-state index contributed by atoms with van der Waals surface area (Å²) in [4.78, 5) is 19.7. The van der Waals surface area contributed by atoms with E-state index in [4.69, 9.17) is 0 Å². The molecule has 0 aliphatic heterocycles. The van der Waals surface area contributed by atoms with Crippen LogP contribution in [0.25, 0.3) is 10.9 Å². The number of fused-ring (bicyclic) bond motifs is 1. The highest BCUT2D eigenvalue weighted by Crippen LogP contribution is 2.18. The van der Waals surface area contributed by atoms with Gasteiger partial charge in [0.1, 0.15) is 11.5 Å². The summed E-state index contributed by atoms with van der Waals surface area (Å²) in [5.41, 5.74) is 3.90. The van der Waals surface area contributed by atoms with Crippen molar-refractivity contribution in [2.24, 2.45) is 0 Å². The van der Waals surface area contributed by atoms with Gasteiger partial charge >= 0.3 is 0 Å². The molecule has 4 aromatic rings. The summed E-state index contributed by atoms with van der Waals surface area (Å²) < 4.78 is 13.2. The first-order chi connectivity index (χ1) is 13.7. The molecule has 0 aliphatic carbocycles. The smallest absolute Gasteiger partial charge is 0.269 e. The Balaban J connectivity index is 1.33. The van der Waals surface area contributed by atoms with Crippen LogP contribution in [-0.4, -0.2) is 22.4 Å². The fraction of sp³-hybridized carbons (Fsp3) is 0.0909. The summed E-state index contributed by atoms with van der Waals surface area (Å²) in [5, 5.41) is 7.11. The molecule has 0 spiro atoms. The Morgan fingerprint density at radius 3 is 2.75 bits per heavy atom. The maximum atomic E-state index is 13.2. The van der Waals surface area contributed by atoms with Crippen LogP contribution in [-0.2, 0) is 6.42 Å². The van der Waals surface area contributed by atoms with Crippen molar-refractivity contribution in [2.75, 3.05) is 11.9 Å². The molecular weight excluding hydrogens is 355 g/mol. The number of aromatic nitrogens is 2. The maximum absolute atomic E-state index is 13.2. The molecule has 28 heavy (non-hydrogen) atoms. The number of aromatic amines is 1. The number of H-pyrrole nitrogens is 1. The minimum absolute atomic E-state index is 0.225. The fourth-order valence-corrected chi connectivity index (χ4v) is 3.07. The SMILES string of the molecule is O=C(NCCc1c[nH]c2ccccc12)c1ccc(Nc2cccc(F)c2)cn1. The van der Waals surface area contributed by atoms with E-state index in [0.29, 0.717) is 23.6 Å². The van der Waals surface area contributed by atoms with Gasteiger partial charge in [0.15, 0.2) is 0 Å². The van der Waals surface area contributed by atoms with Crippen LogP contribution in [0, 0.1) is 5.82 Å². The molecular formula is C22H19FN4O. The zero-order valence-electron chi connectivity index (χ0n) is 15.1. The minimum Gasteiger partial charge on any atom is -0.361 e. The van der Waals surface area contributed by atoms with Gasteiger partial charge in [0.25, 0.3) is 5.91 Å². The van der Waals surface area contributed by atoms with Crippen LogP contribution < -0.4 is 10.6 Å². The standard InChI is InChI=1S/C22H19FN4O/c23-16-4-3-5-17(12-16)27-18-8-9-21(26-14-18)22(28)24-11-10-15-13-25-20-7-2-1-6-19(15)20/h1-9,12-14,25,27H,10-11H2,(H,24,28). The van der Waals surface area contributed by atoms with Crippen molar-refractivity contribution in [1.29, 1.82) is 0 Å². The summed E-state index contributed by atoms with van der Waals surface area (Å²) in [5.74, 6) is -0.540. The number of anilines is 2. The molecule has 0 atom stereocenters. The lowest BCUT2D eigenvalue weighted by Crippen LogP contribution is -2.26. The van der Waals surface area contributed by atoms with E-state index in [0.717, 1.165) is 11.9 Å². The number of halogens is 1. The second-order valence-corrected chi connectivity index (χ2v) is 6.43. The van der Waals surface area contributed by atoms with Gasteiger partial charge in [0, 0.05) is 29.3 Å². The Labute approximate surface area is 161 Å². The predicted molar refractivity (Wildman–Crippen MR) is 108 cm³/mol. The lowest BCUT2D eigenvalue weighted by atomic mass is 10.1. The molecule has 140 valence electrons. The molecule has 0 saturated carbocycles. The number of carbonyl (C=O) groups excluding carboxylic acids is 1. The van der Waals surface area contributed by atoms with Gasteiger partial charge < -0.3 is 15.6 Å². The highest BCUT2D eigenvalue weighted by atomic mass is 19.1. The van der Waals surface area contributed by atoms with Crippen molar-refractivity contribution in [2.45, 2.75) is 6.42 Å². The molecule has 0 aliphatic rings. The number of nitrogens with zero attached hydrogens (tertiary/aromatic N) is 1. The molecule has 6 heteroatoms. The second kappa shape index (κ2) is 7.92. The summed E-state index contributed by atoms with van der Waals surface area (Å²) in [6, 6.07) is 17.6. The highest BCUT2D eigenvalue weighted by Gasteiger charge is 2.08. The quantitative estimate of drug-likeness (QED) is 0.468. The summed E-state index contributed by atoms with van der Waals surface area (Å²) in [6.45, 7) is 0.519. The number of nitrogens with one attached hydrogen (secondary N) is 3. The average molecular weight is 374 g/mol. The van der Waals surface area contributed by atoms with Crippen molar-refractivity contribution < 1.29 is 9.18 Å². The molecule has 5 nitrogen and oxygen atoms in total. The lowest BCUT2D eigenvalue weighted by Gasteiger charge is -2.08. The number of carbonyl (C=O) groups is 1. The summed E-state index contributed by atoms with van der Waals surface area (Å²) >= 11 is 0. The molecule has 4 rings (SSSR count). The molecule has 3 N–H and O–H groups in total. The van der Waals surface area contributed by atoms with E-state index in [-0.39, 0.29) is 11.7 Å². The average Bonchev–Trinajstić information content (AvgIpc) is 3.12. The molecule has 1 amide bonds. The number of benzene rings is 2. The van der Waals surface area contributed by atoms with E-state index in [1.165, 1.54) is 23.1 Å². The molecule has 2 heterocycles. The van der Waals surface area contributed by atoms with Crippen LogP contribution in [0.2, 0.25) is 0 Å². The zero-order valence-corrected chi connectivity index (χ0v) is 15.1. The lowest BCUT2D eigenvalue weighted by molar-refractivity contribution is 0.0949. The van der Waals surface area contributed by atoms with Gasteiger partial charge in [-0.1, -0.05) is 24.3 Å². The van der Waals surface area contributed by atoms with E-state index in [2.05, 4.69) is 26.7 Å². The maximum Gasteiger partial charge on any atom is 0.269 e. The van der Waals surface area contributed by atoms with Crippen LogP contribution in [0.15, 0.2) is 73.1 Å². The van der Waals surface area contributed by atoms with Crippen LogP contribution in [0.1, 0.15) is 16.1 Å². The van der Waals surface area contributed by atoms with Gasteiger partial charge in [-0.15, -0.1) is 0 Å². The normalized spacial score (nSPS) is 10.8. The molecule has 0 bridgehead atoms. The molecule has 0 unspecified atom stereocenters. The number of hydrogen-bond acceptors (Lipinski definition) is 3. The van der Waals surface area contributed by atoms with E-state index in [1.54, 1.807) is 30.5 Å². The van der Waals surface area contributed by atoms with Crippen LogP contribution in [0.3, 0.4) is 0 Å². The molecule has 2 aromatic carbocycles. The van der Waals surface area contributed by atoms with Crippen molar-refractivity contribution in [3.63, 3.8) is 0 Å². The Morgan fingerprint density at radius 1 is 1.04 bits per heavy atom. The zero-order chi connectivity index (χ0) is 19.3. The largest absolute Gasteiger partial charge is 0.361 e. The van der Waals surface area contributed by atoms with Crippen molar-refractivity contribution in [3.8, 4) is 0 Å². The predicted octanol–water partition coefficient (Wildman–Crippen LogP) is 4.42. The number of pyridine rings is 1. The summed E-state index contributed by atoms with van der Waals surface area (Å²) in [7, 11) is 0. The van der Waals surface area contributed by atoms with Crippen LogP contribution >= 0.6 is 0 Å². The number of para-hydroxylation sites is 1. The first kappa shape index (κ1) is 17.7. The topological polar surface area (TPSA) is 69.8 Å². The molecule has 0 saturated heterocycles. The first-order valence-corrected chi connectivity index (χ1v) is 9.01. The monoisotopic (exact) mass is 374 g/mol. The van der Waals surface area contributed by atoms with Gasteiger partial charge in [-0.05, 0) is 48.4 Å². The van der Waals surface area contributed by atoms with E-state index >= 15 is 0 Å². The van der Waals surface area contributed by atoms with Gasteiger partial charge in [-0.3, -0.25) is 4.79 Å². The first-order valence-electron chi connectivity index (χ1n) is 9.01. The molecule has 0 fully saturated rings. The number of hydrogen-bond donors (Lipinski definition) is 3. The Hall–Kier alpha value is -3.67. The highest BCUT2D eigenvalue weighted by molar-refractivity contribution is 5.92. The van der Waals surface area contributed by atoms with E-state index in [9.17, 15) is 9.18 Å². The third-order valence-corrected chi connectivity index (χ3v) is 4.46. The fourth-order valence-electron chi connectivity index (χ4n) is 3.07. The molecule has 2 aromatic heterocycles. The van der Waals surface area contributed by atoms with Gasteiger partial charge in [0.05, 0.1) is 11.9 Å². The Bertz CT molecular complexity index is 1100. The molecule has 0 radical (unpaired) electrons. The van der Waals surface area contributed by atoms with Gasteiger partial charge in [-0.25, -0.2) is 9.37 Å². The Kier molecular flexibility index (Phi) is 5.01. The van der Waals surface area contributed by atoms with Crippen LogP contribution in [0.4, 0.5) is 15.8 Å². The van der Waals surface area contributed by atoms with Crippen molar-refractivity contribution >= 4 is 28.2 Å². The van der Waals surface area contributed by atoms with Gasteiger partial charge in [0.2, 0.25) is 0 Å². The Morgan fingerprint density at radius 2 is 1.93 bits per heavy atom.